The fraction of sp³-hybridized carbons (Fsp3) is 0.238. The van der Waals surface area contributed by atoms with Gasteiger partial charge < -0.3 is 59.5 Å². The number of imidazole rings is 3. The molecule has 2 aliphatic heterocycles. The van der Waals surface area contributed by atoms with Crippen molar-refractivity contribution in [2.24, 2.45) is 5.92 Å². The number of fused-ring (bicyclic) bond motifs is 9. The van der Waals surface area contributed by atoms with Crippen LogP contribution >= 0.6 is 69.6 Å². The molecule has 592 valence electrons. The van der Waals surface area contributed by atoms with Crippen molar-refractivity contribution in [1.82, 2.24) is 57.9 Å². The molecular formula is C84H80Cl6N16O9. The smallest absolute Gasteiger partial charge is 0.247 e. The van der Waals surface area contributed by atoms with E-state index in [0.29, 0.717) is 157 Å². The second-order valence-corrected chi connectivity index (χ2v) is 29.0. The fourth-order valence-corrected chi connectivity index (χ4v) is 16.4. The van der Waals surface area contributed by atoms with Crippen molar-refractivity contribution in [3.63, 3.8) is 0 Å². The second kappa shape index (κ2) is 35.4. The number of aromatic nitrogens is 10. The number of hydrogen-bond acceptors (Lipinski definition) is 19. The van der Waals surface area contributed by atoms with Gasteiger partial charge in [0.1, 0.15) is 63.1 Å². The lowest BCUT2D eigenvalue weighted by molar-refractivity contribution is -0.128. The number of halogens is 6. The molecule has 13 aromatic rings. The van der Waals surface area contributed by atoms with E-state index in [-0.39, 0.29) is 23.6 Å². The fourth-order valence-electron chi connectivity index (χ4n) is 14.3. The number of anilines is 4. The maximum absolute atomic E-state index is 12.1. The molecular weight excluding hydrogens is 1590 g/mol. The summed E-state index contributed by atoms with van der Waals surface area (Å²) in [6, 6.07) is 22.2. The number of benzene rings is 4. The molecule has 31 heteroatoms. The Hall–Kier alpha value is -11.6. The Morgan fingerprint density at radius 3 is 1.40 bits per heavy atom. The molecule has 2 fully saturated rings. The van der Waals surface area contributed by atoms with E-state index in [4.69, 9.17) is 118 Å². The predicted molar refractivity (Wildman–Crippen MR) is 460 cm³/mol. The summed E-state index contributed by atoms with van der Waals surface area (Å²) in [7, 11) is 14.7. The number of pyridine rings is 5. The monoisotopic (exact) mass is 1670 g/mol. The van der Waals surface area contributed by atoms with Crippen LogP contribution < -0.4 is 49.7 Å². The first-order valence-electron chi connectivity index (χ1n) is 36.4. The average molecular weight is 1670 g/mol. The summed E-state index contributed by atoms with van der Waals surface area (Å²) in [4.78, 5) is 72.6. The van der Waals surface area contributed by atoms with Crippen LogP contribution in [0, 0.1) is 5.92 Å². The van der Waals surface area contributed by atoms with Crippen molar-refractivity contribution >= 4 is 166 Å². The number of nitrogens with one attached hydrogen (secondary N) is 4. The van der Waals surface area contributed by atoms with E-state index < -0.39 is 0 Å². The highest BCUT2D eigenvalue weighted by molar-refractivity contribution is 6.43. The summed E-state index contributed by atoms with van der Waals surface area (Å²) < 4.78 is 39.0. The maximum Gasteiger partial charge on any atom is 0.247 e. The van der Waals surface area contributed by atoms with Crippen LogP contribution in [0.5, 0.6) is 34.5 Å². The Kier molecular flexibility index (Phi) is 25.1. The topological polar surface area (TPSA) is 265 Å². The number of rotatable bonds is 21. The van der Waals surface area contributed by atoms with Gasteiger partial charge in [0, 0.05) is 182 Å². The number of hydrogen-bond donors (Lipinski definition) is 4. The van der Waals surface area contributed by atoms with Gasteiger partial charge in [-0.1, -0.05) is 108 Å². The number of nitrogens with zero attached hydrogens (tertiary/aromatic N) is 12. The molecule has 15 rings (SSSR count). The molecule has 0 unspecified atom stereocenters. The molecule has 0 radical (unpaired) electrons. The molecule has 115 heavy (non-hydrogen) atoms. The third-order valence-electron chi connectivity index (χ3n) is 20.3. The van der Waals surface area contributed by atoms with Crippen LogP contribution in [0.15, 0.2) is 154 Å². The van der Waals surface area contributed by atoms with Crippen molar-refractivity contribution in [1.29, 1.82) is 0 Å². The van der Waals surface area contributed by atoms with Crippen LogP contribution in [0.2, 0.25) is 30.1 Å². The minimum Gasteiger partial charge on any atom is -0.495 e. The zero-order valence-corrected chi connectivity index (χ0v) is 68.8. The highest BCUT2D eigenvalue weighted by Crippen LogP contribution is 2.52. The van der Waals surface area contributed by atoms with Gasteiger partial charge in [-0.15, -0.1) is 0 Å². The summed E-state index contributed by atoms with van der Waals surface area (Å²) >= 11 is 40.9. The van der Waals surface area contributed by atoms with E-state index in [1.54, 1.807) is 72.1 Å². The Balaban J connectivity index is 0.000000150. The van der Waals surface area contributed by atoms with Crippen molar-refractivity contribution < 1.29 is 42.8 Å². The van der Waals surface area contributed by atoms with Gasteiger partial charge in [0.15, 0.2) is 5.65 Å². The SMILES string of the molecule is C=CC(=O)N1CCC(C/C=C/c2cn3c(n2)c(-c2c(Cl)c(OC)cc(OC)c2Cl)cc2cnc(NC)cc23)CC1.C=CC(=O)N1CCC(c2cn3c(n2)c(-c2c(Cl)c(OC)cc(OC)c2Cl)cc2cnc(NC)nc23)CC1.C=CC(=O)Nc1cccc(-c2cn3c(n2)c(-c2c(Cl)c(OC)cc(OC)c2Cl)cc2cnc(NC)cc23)c1. The zero-order chi connectivity index (χ0) is 81.6. The van der Waals surface area contributed by atoms with Crippen molar-refractivity contribution in [2.45, 2.75) is 38.0 Å². The number of methoxy groups -OCH3 is 6. The molecule has 0 spiro atoms. The molecule has 25 nitrogen and oxygen atoms in total. The number of carbonyl (C=O) groups excluding carboxylic acids is 3. The summed E-state index contributed by atoms with van der Waals surface area (Å²) in [6.45, 7) is 13.5. The number of amides is 3. The van der Waals surface area contributed by atoms with Crippen LogP contribution in [-0.2, 0) is 14.4 Å². The Bertz CT molecular complexity index is 5950. The third kappa shape index (κ3) is 16.3. The van der Waals surface area contributed by atoms with Gasteiger partial charge in [0.2, 0.25) is 23.7 Å². The molecule has 11 heterocycles. The lowest BCUT2D eigenvalue weighted by atomic mass is 9.93. The van der Waals surface area contributed by atoms with Gasteiger partial charge in [-0.25, -0.2) is 29.9 Å². The van der Waals surface area contributed by atoms with E-state index in [2.05, 4.69) is 62.0 Å². The standard InChI is InChI=1S/C30H31Cl2N5O3.C28H23Cl2N5O3.C26H26Cl2N6O3/c1-5-26(38)36-11-9-18(10-12-36)7-6-8-20-17-37-22-14-25(33-2)34-16-19(22)13-21(30(37)35-20)27-28(31)23(39-3)15-24(40-4)29(27)32;1-5-24(36)33-17-8-6-7-15(9-17)19-14-35-20-11-23(31-2)32-13-16(20)10-18(28(35)34-19)25-26(29)21(37-3)12-22(38-4)27(25)30;1-5-20(35)33-8-6-14(7-9-33)17-13-34-24-15(12-30-26(29-2)32-24)10-16(25(34)31-17)21-22(27)18(36-3)11-19(37-4)23(21)28/h5-6,8,13-18H,1,7,9-12H2,2-4H3,(H,33,34);5-14H,1H2,2-4H3,(H,31,32)(H,33,36);5,10-14H,1,6-9H2,2-4H3,(H,29,30,32)/b8-6+;;. The molecule has 3 amide bonds. The van der Waals surface area contributed by atoms with Gasteiger partial charge >= 0.3 is 0 Å². The van der Waals surface area contributed by atoms with Crippen LogP contribution in [0.4, 0.5) is 23.3 Å². The lowest BCUT2D eigenvalue weighted by Crippen LogP contribution is -2.37. The van der Waals surface area contributed by atoms with Gasteiger partial charge in [-0.3, -0.25) is 27.6 Å². The van der Waals surface area contributed by atoms with E-state index in [1.165, 1.54) is 32.4 Å². The van der Waals surface area contributed by atoms with Gasteiger partial charge in [-0.2, -0.15) is 4.98 Å². The van der Waals surface area contributed by atoms with E-state index in [9.17, 15) is 14.4 Å². The molecule has 0 atom stereocenters. The van der Waals surface area contributed by atoms with Crippen LogP contribution in [0.3, 0.4) is 0 Å². The normalized spacial score (nSPS) is 13.2. The highest BCUT2D eigenvalue weighted by Gasteiger charge is 2.31. The summed E-state index contributed by atoms with van der Waals surface area (Å²) in [5, 5.41) is 16.6. The van der Waals surface area contributed by atoms with Crippen molar-refractivity contribution in [3.05, 3.63) is 196 Å². The number of ether oxygens (including phenoxy) is 6. The maximum atomic E-state index is 12.1. The number of allylic oxidation sites excluding steroid dienone is 1. The minimum atomic E-state index is -0.297. The third-order valence-corrected chi connectivity index (χ3v) is 22.5. The summed E-state index contributed by atoms with van der Waals surface area (Å²) in [5.74, 6) is 4.90. The molecule has 2 saturated heterocycles. The zero-order valence-electron chi connectivity index (χ0n) is 64.2. The number of carbonyl (C=O) groups is 3. The molecule has 0 saturated carbocycles. The molecule has 4 aromatic carbocycles. The number of piperidine rings is 2. The first kappa shape index (κ1) is 81.4. The Labute approximate surface area is 692 Å². The highest BCUT2D eigenvalue weighted by atomic mass is 35.5. The van der Waals surface area contributed by atoms with E-state index >= 15 is 0 Å². The second-order valence-electron chi connectivity index (χ2n) is 26.7. The first-order chi connectivity index (χ1) is 55.6. The predicted octanol–water partition coefficient (Wildman–Crippen LogP) is 18.7. The molecule has 0 aliphatic carbocycles. The van der Waals surface area contributed by atoms with Crippen LogP contribution in [0.1, 0.15) is 49.4 Å². The van der Waals surface area contributed by atoms with Crippen molar-refractivity contribution in [2.75, 3.05) is 111 Å². The minimum absolute atomic E-state index is 0.00668. The molecule has 4 N–H and O–H groups in total. The van der Waals surface area contributed by atoms with Crippen molar-refractivity contribution in [3.8, 4) is 79.1 Å². The van der Waals surface area contributed by atoms with Gasteiger partial charge in [-0.05, 0) is 92.7 Å². The molecule has 2 aliphatic rings. The quantitative estimate of drug-likeness (QED) is 0.0487. The molecule has 9 aromatic heterocycles. The largest absolute Gasteiger partial charge is 0.495 e. The summed E-state index contributed by atoms with van der Waals surface area (Å²) in [6.07, 6.45) is 23.9. The van der Waals surface area contributed by atoms with E-state index in [1.807, 2.05) is 116 Å². The Morgan fingerprint density at radius 1 is 0.487 bits per heavy atom. The summed E-state index contributed by atoms with van der Waals surface area (Å²) in [5.41, 5.74) is 12.0. The van der Waals surface area contributed by atoms with Gasteiger partial charge in [0.25, 0.3) is 0 Å². The number of likely N-dealkylation sites (tertiary alicyclic amines) is 2. The Morgan fingerprint density at radius 2 is 0.939 bits per heavy atom. The first-order valence-corrected chi connectivity index (χ1v) is 38.6. The van der Waals surface area contributed by atoms with Crippen LogP contribution in [-0.4, -0.2) is 166 Å². The average Bonchev–Trinajstić information content (AvgIpc) is 1.67. The van der Waals surface area contributed by atoms with Gasteiger partial charge in [0.05, 0.1) is 101 Å². The van der Waals surface area contributed by atoms with E-state index in [0.717, 1.165) is 101 Å². The molecule has 0 bridgehead atoms. The van der Waals surface area contributed by atoms with Crippen LogP contribution in [0.25, 0.3) is 100 Å². The lowest BCUT2D eigenvalue weighted by Gasteiger charge is -2.30.